The van der Waals surface area contributed by atoms with Crippen molar-refractivity contribution in [2.75, 3.05) is 21.3 Å². The molecule has 0 bridgehead atoms. The molecule has 0 spiro atoms. The van der Waals surface area contributed by atoms with Crippen molar-refractivity contribution in [3.8, 4) is 0 Å². The third-order valence-electron chi connectivity index (χ3n) is 8.29. The van der Waals surface area contributed by atoms with Crippen LogP contribution >= 0.6 is 22.6 Å². The second-order valence-corrected chi connectivity index (χ2v) is 17.5. The summed E-state index contributed by atoms with van der Waals surface area (Å²) in [5, 5.41) is 0.169. The third-order valence-corrected chi connectivity index (χ3v) is 13.2. The molecule has 0 rings (SSSR count). The quantitative estimate of drug-likeness (QED) is 0.0853. The van der Waals surface area contributed by atoms with E-state index in [4.69, 9.17) is 23.4 Å². The number of halogens is 1. The van der Waals surface area contributed by atoms with E-state index >= 15 is 0 Å². The molecule has 8 heteroatoms. The number of esters is 1. The topological polar surface area (TPSA) is 63.2 Å². The van der Waals surface area contributed by atoms with Crippen LogP contribution < -0.4 is 0 Å². The Morgan fingerprint density at radius 3 is 1.97 bits per heavy atom. The number of hydrogen-bond acceptors (Lipinski definition) is 6. The Morgan fingerprint density at radius 2 is 1.54 bits per heavy atom. The summed E-state index contributed by atoms with van der Waals surface area (Å²) in [5.41, 5.74) is 0. The van der Waals surface area contributed by atoms with Crippen molar-refractivity contribution in [3.05, 3.63) is 10.2 Å². The molecule has 0 aromatic carbocycles. The van der Waals surface area contributed by atoms with Crippen LogP contribution in [0.3, 0.4) is 0 Å². The smallest absolute Gasteiger partial charge is 0.335 e. The lowest BCUT2D eigenvalue weighted by Gasteiger charge is -2.40. The molecule has 0 saturated heterocycles. The van der Waals surface area contributed by atoms with E-state index in [9.17, 15) is 4.79 Å². The van der Waals surface area contributed by atoms with E-state index in [1.54, 1.807) is 21.1 Å². The van der Waals surface area contributed by atoms with Crippen molar-refractivity contribution >= 4 is 36.9 Å². The van der Waals surface area contributed by atoms with Crippen molar-refractivity contribution in [1.82, 2.24) is 0 Å². The summed E-state index contributed by atoms with van der Waals surface area (Å²) in [4.78, 5) is 12.7. The highest BCUT2D eigenvalue weighted by Gasteiger charge is 2.40. The van der Waals surface area contributed by atoms with Gasteiger partial charge in [0.25, 0.3) is 0 Å². The van der Waals surface area contributed by atoms with Gasteiger partial charge in [-0.1, -0.05) is 77.1 Å². The van der Waals surface area contributed by atoms with E-state index in [-0.39, 0.29) is 53.2 Å². The van der Waals surface area contributed by atoms with Gasteiger partial charge in [-0.05, 0) is 60.7 Å². The maximum Gasteiger partial charge on any atom is 0.335 e. The number of methoxy groups -OCH3 is 3. The Balaban J connectivity index is 5.58. The van der Waals surface area contributed by atoms with Crippen LogP contribution in [0.15, 0.2) is 10.2 Å². The lowest BCUT2D eigenvalue weighted by molar-refractivity contribution is -0.166. The van der Waals surface area contributed by atoms with Crippen molar-refractivity contribution < 1.29 is 28.2 Å². The summed E-state index contributed by atoms with van der Waals surface area (Å²) in [6, 6.07) is 0. The number of ether oxygens (including phenoxy) is 4. The van der Waals surface area contributed by atoms with Gasteiger partial charge in [-0.15, -0.1) is 0 Å². The fourth-order valence-electron chi connectivity index (χ4n) is 4.44. The minimum absolute atomic E-state index is 0.0131. The molecule has 0 aromatic rings. The van der Waals surface area contributed by atoms with Gasteiger partial charge in [0.05, 0.1) is 12.2 Å². The molecule has 0 fully saturated rings. The number of carbonyl (C=O) groups is 1. The highest BCUT2D eigenvalue weighted by Crippen LogP contribution is 2.38. The van der Waals surface area contributed by atoms with E-state index < -0.39 is 14.4 Å². The van der Waals surface area contributed by atoms with Crippen LogP contribution in [-0.2, 0) is 28.2 Å². The van der Waals surface area contributed by atoms with Gasteiger partial charge in [-0.3, -0.25) is 0 Å². The molecule has 0 aliphatic carbocycles. The minimum atomic E-state index is -1.87. The molecule has 0 aliphatic rings. The Bertz CT molecular complexity index is 665. The van der Waals surface area contributed by atoms with Crippen molar-refractivity contribution in [2.24, 2.45) is 17.8 Å². The van der Waals surface area contributed by atoms with Gasteiger partial charge in [-0.2, -0.15) is 0 Å². The number of hydrogen-bond donors (Lipinski definition) is 0. The maximum absolute atomic E-state index is 12.7. The molecule has 6 nitrogen and oxygen atoms in total. The third kappa shape index (κ3) is 12.4. The first-order valence-corrected chi connectivity index (χ1v) is 18.0. The summed E-state index contributed by atoms with van der Waals surface area (Å²) < 4.78 is 31.8. The fourth-order valence-corrected chi connectivity index (χ4v) is 6.54. The van der Waals surface area contributed by atoms with Crippen molar-refractivity contribution in [2.45, 2.75) is 130 Å². The molecule has 0 heterocycles. The predicted octanol–water partition coefficient (Wildman–Crippen LogP) is 7.79. The molecule has 0 amide bonds. The molecule has 0 radical (unpaired) electrons. The highest BCUT2D eigenvalue weighted by atomic mass is 127. The van der Waals surface area contributed by atoms with Crippen LogP contribution in [0.2, 0.25) is 18.1 Å². The molecule has 0 saturated carbocycles. The molecule has 8 atom stereocenters. The molecule has 0 aliphatic heterocycles. The van der Waals surface area contributed by atoms with Crippen LogP contribution in [0.5, 0.6) is 0 Å². The average molecular weight is 657 g/mol. The number of rotatable bonds is 18. The first-order chi connectivity index (χ1) is 17.1. The van der Waals surface area contributed by atoms with Crippen LogP contribution in [-0.4, -0.2) is 66.1 Å². The van der Waals surface area contributed by atoms with Gasteiger partial charge < -0.3 is 23.4 Å². The zero-order valence-electron chi connectivity index (χ0n) is 25.9. The summed E-state index contributed by atoms with van der Waals surface area (Å²) in [5.74, 6) is 0.151. The Morgan fingerprint density at radius 1 is 0.946 bits per heavy atom. The Hall–Kier alpha value is -0.00312. The second-order valence-electron chi connectivity index (χ2n) is 12.1. The van der Waals surface area contributed by atoms with E-state index in [2.05, 4.69) is 90.2 Å². The van der Waals surface area contributed by atoms with Gasteiger partial charge in [0, 0.05) is 39.3 Å². The van der Waals surface area contributed by atoms with Crippen LogP contribution in [0.1, 0.15) is 81.1 Å². The summed E-state index contributed by atoms with van der Waals surface area (Å²) >= 11 is 2.23. The molecule has 0 N–H and O–H groups in total. The zero-order chi connectivity index (χ0) is 29.0. The monoisotopic (exact) mass is 656 g/mol. The minimum Gasteiger partial charge on any atom is -0.460 e. The normalized spacial score (nSPS) is 19.6. The largest absolute Gasteiger partial charge is 0.460 e. The Labute approximate surface area is 243 Å². The van der Waals surface area contributed by atoms with Gasteiger partial charge in [0.15, 0.2) is 14.4 Å². The lowest BCUT2D eigenvalue weighted by atomic mass is 9.84. The van der Waals surface area contributed by atoms with E-state index in [0.717, 1.165) is 25.7 Å². The summed E-state index contributed by atoms with van der Waals surface area (Å²) in [6.07, 6.45) is 4.81. The van der Waals surface area contributed by atoms with Crippen molar-refractivity contribution in [3.63, 3.8) is 0 Å². The van der Waals surface area contributed by atoms with Crippen molar-refractivity contribution in [1.29, 1.82) is 0 Å². The Kier molecular flexibility index (Phi) is 17.6. The molecule has 37 heavy (non-hydrogen) atoms. The zero-order valence-corrected chi connectivity index (χ0v) is 29.1. The standard InChI is InChI=1S/C29H57IO6Si/c1-14-24(36-37(12,13)29(6,7)8)19-26(33-10)20(2)15-16-25(35-28(31)23(5)32-9)22(4)27(34-11)21(3)17-18-30/h17-18,20-27H,14-16,19H2,1-13H3/b18-17+/t20-,21+,22-,23+,24+,25+,26-,27+/m0/s1. The van der Waals surface area contributed by atoms with Gasteiger partial charge >= 0.3 is 5.97 Å². The van der Waals surface area contributed by atoms with Gasteiger partial charge in [-0.25, -0.2) is 4.79 Å². The first-order valence-electron chi connectivity index (χ1n) is 13.8. The molecular weight excluding hydrogens is 599 g/mol. The highest BCUT2D eigenvalue weighted by molar-refractivity contribution is 14.1. The fraction of sp³-hybridized carbons (Fsp3) is 0.897. The molecule has 0 unspecified atom stereocenters. The van der Waals surface area contributed by atoms with E-state index in [1.807, 2.05) is 4.08 Å². The van der Waals surface area contributed by atoms with Crippen LogP contribution in [0, 0.1) is 17.8 Å². The first kappa shape index (κ1) is 37.0. The summed E-state index contributed by atoms with van der Waals surface area (Å²) in [7, 11) is 3.18. The molecular formula is C29H57IO6Si. The lowest BCUT2D eigenvalue weighted by Crippen LogP contribution is -2.45. The predicted molar refractivity (Wildman–Crippen MR) is 165 cm³/mol. The van der Waals surface area contributed by atoms with Gasteiger partial charge in [0.1, 0.15) is 6.10 Å². The van der Waals surface area contributed by atoms with E-state index in [0.29, 0.717) is 0 Å². The van der Waals surface area contributed by atoms with Crippen LogP contribution in [0.4, 0.5) is 0 Å². The average Bonchev–Trinajstić information content (AvgIpc) is 2.82. The van der Waals surface area contributed by atoms with Gasteiger partial charge in [0.2, 0.25) is 0 Å². The van der Waals surface area contributed by atoms with E-state index in [1.165, 1.54) is 7.11 Å². The maximum atomic E-state index is 12.7. The second kappa shape index (κ2) is 17.6. The molecule has 0 aromatic heterocycles. The number of carbonyl (C=O) groups excluding carboxylic acids is 1. The SMILES string of the molecule is CC[C@H](C[C@H](OC)[C@@H](C)CC[C@@H](OC(=O)[C@@H](C)OC)[C@H](C)[C@H](OC)[C@H](C)/C=C/I)O[Si](C)(C)C(C)(C)C. The summed E-state index contributed by atoms with van der Waals surface area (Å²) in [6.45, 7) is 21.8. The molecule has 220 valence electrons. The van der Waals surface area contributed by atoms with Crippen LogP contribution in [0.25, 0.3) is 0 Å².